The highest BCUT2D eigenvalue weighted by molar-refractivity contribution is 7.09. The summed E-state index contributed by atoms with van der Waals surface area (Å²) in [5.41, 5.74) is 10.1. The first-order chi connectivity index (χ1) is 19.1. The summed E-state index contributed by atoms with van der Waals surface area (Å²) in [6.07, 6.45) is 0.745. The number of ketones is 2. The third-order valence-electron chi connectivity index (χ3n) is 7.30. The molecule has 8 nitrogen and oxygen atoms in total. The minimum atomic E-state index is -0.887. The third-order valence-corrected chi connectivity index (χ3v) is 8.85. The third kappa shape index (κ3) is 5.50. The van der Waals surface area contributed by atoms with Crippen molar-refractivity contribution in [2.24, 2.45) is 0 Å². The number of rotatable bonds is 6. The van der Waals surface area contributed by atoms with Gasteiger partial charge in [0.05, 0.1) is 35.3 Å². The number of carbonyl (C=O) groups excluding carboxylic acids is 2. The van der Waals surface area contributed by atoms with Crippen LogP contribution in [0, 0.1) is 13.8 Å². The Kier molecular flexibility index (Phi) is 7.73. The first-order valence-corrected chi connectivity index (χ1v) is 14.4. The van der Waals surface area contributed by atoms with E-state index in [1.54, 1.807) is 58.0 Å². The molecule has 0 saturated heterocycles. The summed E-state index contributed by atoms with van der Waals surface area (Å²) in [5.74, 6) is -1.59. The summed E-state index contributed by atoms with van der Waals surface area (Å²) in [5, 5.41) is 17.7. The van der Waals surface area contributed by atoms with Crippen molar-refractivity contribution in [1.82, 2.24) is 9.97 Å². The number of carboxylic acids is 2. The summed E-state index contributed by atoms with van der Waals surface area (Å²) in [7, 11) is 0. The van der Waals surface area contributed by atoms with Gasteiger partial charge in [0.2, 0.25) is 0 Å². The van der Waals surface area contributed by atoms with Crippen LogP contribution in [-0.2, 0) is 22.4 Å². The molecule has 0 amide bonds. The second-order valence-corrected chi connectivity index (χ2v) is 12.0. The molecule has 2 atom stereocenters. The van der Waals surface area contributed by atoms with Crippen LogP contribution in [0.1, 0.15) is 88.8 Å². The van der Waals surface area contributed by atoms with E-state index in [0.717, 1.165) is 32.3 Å². The van der Waals surface area contributed by atoms with Crippen LogP contribution in [-0.4, -0.2) is 43.7 Å². The number of benzene rings is 2. The van der Waals surface area contributed by atoms with Crippen LogP contribution in [0.2, 0.25) is 0 Å². The predicted octanol–water partition coefficient (Wildman–Crippen LogP) is 5.59. The van der Waals surface area contributed by atoms with E-state index < -0.39 is 11.9 Å². The van der Waals surface area contributed by atoms with Gasteiger partial charge in [0.1, 0.15) is 0 Å². The molecule has 204 valence electrons. The Morgan fingerprint density at radius 1 is 0.750 bits per heavy atom. The molecule has 0 bridgehead atoms. The van der Waals surface area contributed by atoms with E-state index in [9.17, 15) is 19.2 Å². The molecule has 4 aromatic rings. The lowest BCUT2D eigenvalue weighted by molar-refractivity contribution is -0.137. The molecular weight excluding hydrogens is 548 g/mol. The molecule has 0 spiro atoms. The Morgan fingerprint density at radius 3 is 1.48 bits per heavy atom. The largest absolute Gasteiger partial charge is 0.481 e. The summed E-state index contributed by atoms with van der Waals surface area (Å²) in [4.78, 5) is 56.8. The van der Waals surface area contributed by atoms with Gasteiger partial charge in [-0.3, -0.25) is 19.2 Å². The molecule has 2 aromatic carbocycles. The van der Waals surface area contributed by atoms with Gasteiger partial charge >= 0.3 is 11.9 Å². The summed E-state index contributed by atoms with van der Waals surface area (Å²) in [6.45, 7) is 4.02. The molecule has 2 N–H and O–H groups in total. The first-order valence-electron chi connectivity index (χ1n) is 12.7. The van der Waals surface area contributed by atoms with E-state index >= 15 is 0 Å². The second-order valence-electron chi connectivity index (χ2n) is 9.93. The molecular formula is C30H26N2O6S2. The average molecular weight is 575 g/mol. The number of aliphatic carboxylic acids is 2. The quantitative estimate of drug-likeness (QED) is 0.304. The van der Waals surface area contributed by atoms with Gasteiger partial charge in [-0.15, -0.1) is 22.7 Å². The van der Waals surface area contributed by atoms with E-state index in [1.165, 1.54) is 0 Å². The van der Waals surface area contributed by atoms with Gasteiger partial charge in [-0.25, -0.2) is 9.97 Å². The van der Waals surface area contributed by atoms with Gasteiger partial charge in [0, 0.05) is 45.6 Å². The fourth-order valence-corrected chi connectivity index (χ4v) is 6.74. The molecule has 2 unspecified atom stereocenters. The van der Waals surface area contributed by atoms with Crippen LogP contribution < -0.4 is 0 Å². The molecule has 10 heteroatoms. The van der Waals surface area contributed by atoms with Gasteiger partial charge in [-0.1, -0.05) is 24.3 Å². The molecule has 0 radical (unpaired) electrons. The van der Waals surface area contributed by atoms with E-state index in [-0.39, 0.29) is 36.2 Å². The second kappa shape index (κ2) is 11.2. The number of Topliss-reactive ketones (excluding diaryl/α,β-unsaturated/α-hetero) is 2. The van der Waals surface area contributed by atoms with Crippen molar-refractivity contribution in [2.75, 3.05) is 0 Å². The van der Waals surface area contributed by atoms with Crippen LogP contribution >= 0.6 is 22.7 Å². The summed E-state index contributed by atoms with van der Waals surface area (Å²) < 4.78 is 0. The highest BCUT2D eigenvalue weighted by Gasteiger charge is 2.34. The smallest absolute Gasteiger partial charge is 0.307 e. The van der Waals surface area contributed by atoms with E-state index in [4.69, 9.17) is 10.2 Å². The zero-order valence-corrected chi connectivity index (χ0v) is 23.5. The topological polar surface area (TPSA) is 135 Å². The molecule has 6 rings (SSSR count). The average Bonchev–Trinajstić information content (AvgIpc) is 3.66. The Balaban J connectivity index is 0.000000161. The van der Waals surface area contributed by atoms with E-state index in [1.807, 2.05) is 26.0 Å². The highest BCUT2D eigenvalue weighted by atomic mass is 32.1. The normalized spacial score (nSPS) is 17.2. The van der Waals surface area contributed by atoms with Crippen molar-refractivity contribution < 1.29 is 29.4 Å². The highest BCUT2D eigenvalue weighted by Crippen LogP contribution is 2.41. The number of fused-ring (bicyclic) bond motifs is 2. The molecule has 0 aliphatic heterocycles. The van der Waals surface area contributed by atoms with Crippen LogP contribution in [0.15, 0.2) is 47.4 Å². The minimum absolute atomic E-state index is 0.0163. The Labute approximate surface area is 238 Å². The molecule has 2 aromatic heterocycles. The van der Waals surface area contributed by atoms with Crippen molar-refractivity contribution in [2.45, 2.75) is 51.4 Å². The number of aromatic nitrogens is 2. The van der Waals surface area contributed by atoms with Gasteiger partial charge in [0.25, 0.3) is 0 Å². The lowest BCUT2D eigenvalue weighted by Crippen LogP contribution is -2.02. The Bertz CT molecular complexity index is 1530. The lowest BCUT2D eigenvalue weighted by atomic mass is 9.96. The SMILES string of the molecule is Cc1scnc1C1CC(=O)c2cc(CC(=O)O)ccc21.Cc1scnc1C1CC(=O)c2cc(CC(=O)O)ccc21. The van der Waals surface area contributed by atoms with Crippen molar-refractivity contribution in [3.8, 4) is 0 Å². The minimum Gasteiger partial charge on any atom is -0.481 e. The number of aryl methyl sites for hydroxylation is 2. The van der Waals surface area contributed by atoms with Crippen molar-refractivity contribution in [3.05, 3.63) is 102 Å². The van der Waals surface area contributed by atoms with Crippen molar-refractivity contribution in [3.63, 3.8) is 0 Å². The summed E-state index contributed by atoms with van der Waals surface area (Å²) >= 11 is 3.16. The van der Waals surface area contributed by atoms with Gasteiger partial charge in [-0.2, -0.15) is 0 Å². The Morgan fingerprint density at radius 2 is 1.15 bits per heavy atom. The summed E-state index contributed by atoms with van der Waals surface area (Å²) in [6, 6.07) is 10.8. The Hall–Kier alpha value is -4.02. The molecule has 2 aliphatic carbocycles. The fraction of sp³-hybridized carbons (Fsp3) is 0.267. The van der Waals surface area contributed by atoms with E-state index in [2.05, 4.69) is 9.97 Å². The molecule has 2 heterocycles. The maximum absolute atomic E-state index is 12.1. The van der Waals surface area contributed by atoms with Crippen LogP contribution in [0.25, 0.3) is 0 Å². The van der Waals surface area contributed by atoms with Crippen LogP contribution in [0.3, 0.4) is 0 Å². The maximum Gasteiger partial charge on any atom is 0.307 e. The van der Waals surface area contributed by atoms with Crippen LogP contribution in [0.4, 0.5) is 0 Å². The monoisotopic (exact) mass is 574 g/mol. The first kappa shape index (κ1) is 27.5. The number of hydrogen-bond donors (Lipinski definition) is 2. The molecule has 0 fully saturated rings. The fourth-order valence-electron chi connectivity index (χ4n) is 5.46. The zero-order chi connectivity index (χ0) is 28.6. The maximum atomic E-state index is 12.1. The number of thiazole rings is 2. The van der Waals surface area contributed by atoms with Crippen molar-refractivity contribution in [1.29, 1.82) is 0 Å². The number of nitrogens with zero attached hydrogens (tertiary/aromatic N) is 2. The van der Waals surface area contributed by atoms with Gasteiger partial charge in [0.15, 0.2) is 11.6 Å². The molecule has 2 aliphatic rings. The number of hydrogen-bond acceptors (Lipinski definition) is 8. The van der Waals surface area contributed by atoms with Gasteiger partial charge in [-0.05, 0) is 48.2 Å². The number of carboxylic acid groups (broad SMARTS) is 2. The molecule has 0 saturated carbocycles. The van der Waals surface area contributed by atoms with E-state index in [0.29, 0.717) is 35.1 Å². The zero-order valence-electron chi connectivity index (χ0n) is 21.8. The lowest BCUT2D eigenvalue weighted by Gasteiger charge is -2.09. The molecule has 40 heavy (non-hydrogen) atoms. The number of carbonyl (C=O) groups is 4. The van der Waals surface area contributed by atoms with Crippen LogP contribution in [0.5, 0.6) is 0 Å². The van der Waals surface area contributed by atoms with Crippen molar-refractivity contribution >= 4 is 46.2 Å². The predicted molar refractivity (Wildman–Crippen MR) is 151 cm³/mol. The van der Waals surface area contributed by atoms with Gasteiger partial charge < -0.3 is 10.2 Å². The standard InChI is InChI=1S/2C15H13NO3S/c2*1-8-15(16-7-20-8)12-6-13(17)11-4-9(5-14(18)19)2-3-10(11)12/h2*2-4,7,12H,5-6H2,1H3,(H,18,19).